The maximum absolute atomic E-state index is 12.3. The van der Waals surface area contributed by atoms with Gasteiger partial charge in [0.15, 0.2) is 0 Å². The molecular weight excluding hydrogens is 409 g/mol. The van der Waals surface area contributed by atoms with Crippen molar-refractivity contribution in [2.24, 2.45) is 0 Å². The second-order valence-corrected chi connectivity index (χ2v) is 7.76. The van der Waals surface area contributed by atoms with E-state index in [1.807, 2.05) is 18.2 Å². The maximum Gasteiger partial charge on any atom is 0.573 e. The van der Waals surface area contributed by atoms with E-state index in [2.05, 4.69) is 4.74 Å². The third kappa shape index (κ3) is 4.87. The van der Waals surface area contributed by atoms with E-state index in [9.17, 15) is 17.4 Å². The van der Waals surface area contributed by atoms with Crippen molar-refractivity contribution in [3.63, 3.8) is 0 Å². The third-order valence-electron chi connectivity index (χ3n) is 3.44. The molecule has 1 heterocycles. The Bertz CT molecular complexity index is 917. The molecule has 2 N–H and O–H groups in total. The van der Waals surface area contributed by atoms with E-state index in [1.165, 1.54) is 18.2 Å². The molecule has 4 nitrogen and oxygen atoms in total. The van der Waals surface area contributed by atoms with Gasteiger partial charge in [0.1, 0.15) is 17.8 Å². The summed E-state index contributed by atoms with van der Waals surface area (Å²) in [5, 5.41) is 0.434. The second-order valence-electron chi connectivity index (χ2n) is 5.13. The molecule has 3 rings (SSSR count). The summed E-state index contributed by atoms with van der Waals surface area (Å²) < 4.78 is 55.5. The number of nitrogens with two attached hydrogens (primary N) is 1. The number of anilines is 1. The number of hydrogen-bond acceptors (Lipinski definition) is 4. The lowest BCUT2D eigenvalue weighted by atomic mass is 10.3. The first kappa shape index (κ1) is 20.5. The average Bonchev–Trinajstić information content (AvgIpc) is 2.86. The van der Waals surface area contributed by atoms with Gasteiger partial charge in [-0.15, -0.1) is 13.2 Å². The Morgan fingerprint density at radius 1 is 1.15 bits per heavy atom. The molecule has 1 atom stereocenters. The Hall–Kier alpha value is -1.84. The zero-order valence-corrected chi connectivity index (χ0v) is 15.6. The number of thiazole rings is 1. The molecule has 0 fully saturated rings. The van der Waals surface area contributed by atoms with Gasteiger partial charge < -0.3 is 17.1 Å². The second kappa shape index (κ2) is 8.24. The molecule has 0 spiro atoms. The molecule has 0 radical (unpaired) electrons. The van der Waals surface area contributed by atoms with E-state index >= 15 is 0 Å². The van der Waals surface area contributed by atoms with Gasteiger partial charge in [0, 0.05) is 11.0 Å². The van der Waals surface area contributed by atoms with Crippen LogP contribution in [0.25, 0.3) is 10.2 Å². The van der Waals surface area contributed by atoms with Gasteiger partial charge in [0.25, 0.3) is 0 Å². The predicted octanol–water partition coefficient (Wildman–Crippen LogP) is 0.481. The summed E-state index contributed by atoms with van der Waals surface area (Å²) in [6.07, 6.45) is -4.74. The Kier molecular flexibility index (Phi) is 6.48. The number of aryl methyl sites for hydroxylation is 1. The average molecular weight is 423 g/mol. The summed E-state index contributed by atoms with van der Waals surface area (Å²) in [6.45, 7) is 0.396. The topological polar surface area (TPSA) is 56.2 Å². The molecule has 140 valence electrons. The van der Waals surface area contributed by atoms with Crippen LogP contribution in [0, 0.1) is 0 Å². The van der Waals surface area contributed by atoms with E-state index < -0.39 is 17.2 Å². The highest BCUT2D eigenvalue weighted by Crippen LogP contribution is 2.29. The summed E-state index contributed by atoms with van der Waals surface area (Å²) in [6, 6.07) is 13.1. The molecule has 0 saturated carbocycles. The van der Waals surface area contributed by atoms with Gasteiger partial charge in [-0.25, -0.2) is 4.57 Å². The number of nitrogens with zero attached hydrogens (tertiary/aromatic N) is 1. The van der Waals surface area contributed by atoms with Crippen LogP contribution in [0.1, 0.15) is 0 Å². The molecule has 0 aliphatic rings. The number of nitrogen functional groups attached to an aromatic ring is 1. The number of rotatable bonds is 5. The number of halogens is 4. The van der Waals surface area contributed by atoms with Crippen LogP contribution >= 0.6 is 11.3 Å². The lowest BCUT2D eigenvalue weighted by molar-refractivity contribution is -0.648. The number of ether oxygens (including phenoxy) is 1. The lowest BCUT2D eigenvalue weighted by Crippen LogP contribution is -3.00. The minimum atomic E-state index is -4.74. The lowest BCUT2D eigenvalue weighted by Gasteiger charge is -2.08. The van der Waals surface area contributed by atoms with Crippen LogP contribution in [-0.4, -0.2) is 16.3 Å². The highest BCUT2D eigenvalue weighted by Gasteiger charge is 2.31. The van der Waals surface area contributed by atoms with Crippen molar-refractivity contribution in [3.05, 3.63) is 48.5 Å². The van der Waals surface area contributed by atoms with Gasteiger partial charge in [0.2, 0.25) is 0 Å². The van der Waals surface area contributed by atoms with Gasteiger partial charge in [-0.05, 0) is 35.6 Å². The van der Waals surface area contributed by atoms with Crippen molar-refractivity contribution >= 4 is 37.5 Å². The van der Waals surface area contributed by atoms with E-state index in [1.54, 1.807) is 16.7 Å². The van der Waals surface area contributed by atoms with E-state index in [0.717, 1.165) is 16.2 Å². The predicted molar refractivity (Wildman–Crippen MR) is 90.8 cm³/mol. The molecule has 0 aliphatic carbocycles. The minimum Gasteiger partial charge on any atom is -1.00 e. The van der Waals surface area contributed by atoms with Gasteiger partial charge >= 0.3 is 11.5 Å². The van der Waals surface area contributed by atoms with Crippen molar-refractivity contribution in [1.82, 2.24) is 0 Å². The van der Waals surface area contributed by atoms with Gasteiger partial charge in [0.05, 0.1) is 21.3 Å². The highest BCUT2D eigenvalue weighted by molar-refractivity contribution is 7.85. The van der Waals surface area contributed by atoms with Crippen LogP contribution in [0.2, 0.25) is 0 Å². The quantitative estimate of drug-likeness (QED) is 0.609. The highest BCUT2D eigenvalue weighted by atomic mass is 35.5. The van der Waals surface area contributed by atoms with Crippen molar-refractivity contribution in [1.29, 1.82) is 0 Å². The largest absolute Gasteiger partial charge is 1.00 e. The van der Waals surface area contributed by atoms with Crippen molar-refractivity contribution in [2.45, 2.75) is 17.8 Å². The number of hydrogen-bond donors (Lipinski definition) is 1. The van der Waals surface area contributed by atoms with Crippen LogP contribution < -0.4 is 27.4 Å². The molecule has 0 aliphatic heterocycles. The molecule has 0 amide bonds. The van der Waals surface area contributed by atoms with Crippen LogP contribution in [0.5, 0.6) is 5.75 Å². The van der Waals surface area contributed by atoms with Gasteiger partial charge in [-0.2, -0.15) is 0 Å². The Labute approximate surface area is 160 Å². The summed E-state index contributed by atoms with van der Waals surface area (Å²) in [5.74, 6) is 0.0622. The first-order chi connectivity index (χ1) is 11.8. The minimum absolute atomic E-state index is 0. The smallest absolute Gasteiger partial charge is 0.573 e. The number of fused-ring (bicyclic) bond motifs is 1. The number of benzene rings is 2. The summed E-state index contributed by atoms with van der Waals surface area (Å²) in [5.41, 5.74) is 6.66. The molecule has 26 heavy (non-hydrogen) atoms. The summed E-state index contributed by atoms with van der Waals surface area (Å²) >= 11 is 1.16. The van der Waals surface area contributed by atoms with Crippen molar-refractivity contribution in [3.8, 4) is 5.75 Å². The maximum atomic E-state index is 12.3. The fourth-order valence-corrected chi connectivity index (χ4v) is 4.41. The zero-order chi connectivity index (χ0) is 18.0. The normalized spacial score (nSPS) is 12.6. The van der Waals surface area contributed by atoms with E-state index in [0.29, 0.717) is 27.6 Å². The van der Waals surface area contributed by atoms with Crippen LogP contribution in [0.3, 0.4) is 0 Å². The Morgan fingerprint density at radius 3 is 2.50 bits per heavy atom. The molecular formula is C16H14ClF3N2O2S2. The first-order valence-electron chi connectivity index (χ1n) is 7.24. The van der Waals surface area contributed by atoms with Crippen LogP contribution in [-0.2, 0) is 17.3 Å². The van der Waals surface area contributed by atoms with Crippen molar-refractivity contribution in [2.75, 3.05) is 11.5 Å². The molecule has 1 unspecified atom stereocenters. The first-order valence-corrected chi connectivity index (χ1v) is 9.38. The number of aromatic nitrogens is 1. The number of alkyl halides is 3. The zero-order valence-electron chi connectivity index (χ0n) is 13.2. The van der Waals surface area contributed by atoms with Crippen LogP contribution in [0.4, 0.5) is 18.3 Å². The molecule has 10 heteroatoms. The molecule has 2 aromatic carbocycles. The summed E-state index contributed by atoms with van der Waals surface area (Å²) in [7, 11) is -1.18. The summed E-state index contributed by atoms with van der Waals surface area (Å²) in [4.78, 5) is 0.724. The Balaban J connectivity index is 0.00000243. The fraction of sp³-hybridized carbons (Fsp3) is 0.188. The van der Waals surface area contributed by atoms with E-state index in [4.69, 9.17) is 5.73 Å². The van der Waals surface area contributed by atoms with Crippen LogP contribution in [0.15, 0.2) is 53.4 Å². The monoisotopic (exact) mass is 422 g/mol. The third-order valence-corrected chi connectivity index (χ3v) is 5.77. The fourth-order valence-electron chi connectivity index (χ4n) is 2.38. The molecule has 0 bridgehead atoms. The van der Waals surface area contributed by atoms with Gasteiger partial charge in [-0.3, -0.25) is 9.94 Å². The molecule has 0 saturated heterocycles. The van der Waals surface area contributed by atoms with Gasteiger partial charge in [-0.1, -0.05) is 18.2 Å². The molecule has 1 aromatic heterocycles. The van der Waals surface area contributed by atoms with E-state index in [-0.39, 0.29) is 18.2 Å². The standard InChI is InChI=1S/C16H13F3N2O2S2.ClH/c17-16(18,19)23-11-6-7-13-14(10-11)24-15(20)21(13)8-9-25(22)12-4-2-1-3-5-12;/h1-7,10,20H,8-9H2;1H. The molecule has 3 aromatic rings. The van der Waals surface area contributed by atoms with Crippen molar-refractivity contribution < 1.29 is 39.1 Å². The SMILES string of the molecule is Nc1sc2cc(OC(F)(F)F)ccc2[n+]1CCS(=O)c1ccccc1.[Cl-]. The Morgan fingerprint density at radius 2 is 1.85 bits per heavy atom.